The van der Waals surface area contributed by atoms with Crippen LogP contribution in [0.4, 0.5) is 13.2 Å². The first-order chi connectivity index (χ1) is 8.83. The number of pyridine rings is 1. The van der Waals surface area contributed by atoms with Crippen LogP contribution in [0, 0.1) is 5.92 Å². The third-order valence-electron chi connectivity index (χ3n) is 3.01. The molecule has 0 spiro atoms. The van der Waals surface area contributed by atoms with Crippen molar-refractivity contribution < 1.29 is 18.3 Å². The number of hydrogen-bond acceptors (Lipinski definition) is 2. The van der Waals surface area contributed by atoms with E-state index in [-0.39, 0.29) is 11.4 Å². The molecule has 0 saturated heterocycles. The lowest BCUT2D eigenvalue weighted by Crippen LogP contribution is -2.46. The quantitative estimate of drug-likeness (QED) is 0.906. The summed E-state index contributed by atoms with van der Waals surface area (Å²) in [4.78, 5) is 3.81. The molecule has 19 heavy (non-hydrogen) atoms. The molecule has 102 valence electrons. The average Bonchev–Trinajstić information content (AvgIpc) is 2.31. The fraction of sp³-hybridized carbons (Fsp3) is 0.308. The third-order valence-corrected chi connectivity index (χ3v) is 3.38. The number of hydrogen-bond donors (Lipinski definition) is 1. The van der Waals surface area contributed by atoms with Crippen molar-refractivity contribution >= 4 is 11.6 Å². The molecule has 2 atom stereocenters. The Morgan fingerprint density at radius 2 is 2.11 bits per heavy atom. The van der Waals surface area contributed by atoms with Crippen molar-refractivity contribution in [3.05, 3.63) is 53.4 Å². The first kappa shape index (κ1) is 14.1. The van der Waals surface area contributed by atoms with Gasteiger partial charge in [0.2, 0.25) is 0 Å². The van der Waals surface area contributed by atoms with Crippen LogP contribution in [0.3, 0.4) is 0 Å². The molecule has 1 aromatic heterocycles. The molecule has 6 heteroatoms. The zero-order chi connectivity index (χ0) is 14.1. The lowest BCUT2D eigenvalue weighted by molar-refractivity contribution is -0.200. The first-order valence-corrected chi connectivity index (χ1v) is 5.94. The van der Waals surface area contributed by atoms with Crippen molar-refractivity contribution in [2.24, 2.45) is 5.92 Å². The summed E-state index contributed by atoms with van der Waals surface area (Å²) in [5.74, 6) is -1.96. The highest BCUT2D eigenvalue weighted by molar-refractivity contribution is 6.31. The Balaban J connectivity index is 2.33. The zero-order valence-electron chi connectivity index (χ0n) is 9.73. The Labute approximate surface area is 113 Å². The monoisotopic (exact) mass is 289 g/mol. The number of aliphatic hydroxyl groups is 1. The predicted octanol–water partition coefficient (Wildman–Crippen LogP) is 3.31. The number of halogens is 4. The summed E-state index contributed by atoms with van der Waals surface area (Å²) < 4.78 is 38.8. The van der Waals surface area contributed by atoms with Crippen LogP contribution in [0.1, 0.15) is 5.56 Å². The molecular weight excluding hydrogens is 279 g/mol. The highest BCUT2D eigenvalue weighted by Gasteiger charge is 2.51. The first-order valence-electron chi connectivity index (χ1n) is 5.56. The van der Waals surface area contributed by atoms with Gasteiger partial charge in [-0.05, 0) is 11.6 Å². The number of aromatic nitrogens is 1. The zero-order valence-corrected chi connectivity index (χ0v) is 10.5. The molecule has 0 aromatic carbocycles. The molecular formula is C13H11ClF3NO. The van der Waals surface area contributed by atoms with Crippen LogP contribution >= 0.6 is 11.6 Å². The number of allylic oxidation sites excluding steroid dienone is 2. The smallest absolute Gasteiger partial charge is 0.384 e. The van der Waals surface area contributed by atoms with E-state index in [0.29, 0.717) is 5.56 Å². The van der Waals surface area contributed by atoms with E-state index >= 15 is 0 Å². The van der Waals surface area contributed by atoms with Crippen LogP contribution in [-0.4, -0.2) is 21.9 Å². The fourth-order valence-corrected chi connectivity index (χ4v) is 2.25. The minimum Gasteiger partial charge on any atom is -0.384 e. The van der Waals surface area contributed by atoms with E-state index < -0.39 is 17.7 Å². The second kappa shape index (κ2) is 4.98. The Kier molecular flexibility index (Phi) is 3.69. The summed E-state index contributed by atoms with van der Waals surface area (Å²) >= 11 is 5.89. The molecule has 0 fully saturated rings. The summed E-state index contributed by atoms with van der Waals surface area (Å²) in [6.07, 6.45) is 2.80. The topological polar surface area (TPSA) is 33.1 Å². The molecule has 0 aliphatic heterocycles. The lowest BCUT2D eigenvalue weighted by Gasteiger charge is -2.35. The average molecular weight is 290 g/mol. The molecule has 0 radical (unpaired) electrons. The molecule has 2 rings (SSSR count). The Bertz CT molecular complexity index is 527. The van der Waals surface area contributed by atoms with Gasteiger partial charge in [0.1, 0.15) is 11.5 Å². The molecule has 0 saturated carbocycles. The molecule has 0 bridgehead atoms. The molecule has 0 amide bonds. The van der Waals surface area contributed by atoms with E-state index in [9.17, 15) is 18.3 Å². The van der Waals surface area contributed by atoms with Crippen molar-refractivity contribution in [1.82, 2.24) is 4.98 Å². The van der Waals surface area contributed by atoms with Crippen molar-refractivity contribution in [3.63, 3.8) is 0 Å². The summed E-state index contributed by atoms with van der Waals surface area (Å²) in [6.45, 7) is 0. The van der Waals surface area contributed by atoms with Gasteiger partial charge < -0.3 is 5.11 Å². The van der Waals surface area contributed by atoms with Gasteiger partial charge >= 0.3 is 6.18 Å². The van der Waals surface area contributed by atoms with Crippen LogP contribution in [-0.2, 0) is 6.42 Å². The number of alkyl halides is 3. The summed E-state index contributed by atoms with van der Waals surface area (Å²) in [5, 5.41) is 10.6. The van der Waals surface area contributed by atoms with E-state index in [4.69, 9.17) is 11.6 Å². The second-order valence-electron chi connectivity index (χ2n) is 4.40. The third kappa shape index (κ3) is 2.98. The van der Waals surface area contributed by atoms with Crippen molar-refractivity contribution in [3.8, 4) is 0 Å². The maximum Gasteiger partial charge on any atom is 0.398 e. The van der Waals surface area contributed by atoms with Crippen LogP contribution in [0.2, 0.25) is 5.02 Å². The summed E-state index contributed by atoms with van der Waals surface area (Å²) in [6, 6.07) is 1.48. The van der Waals surface area contributed by atoms with E-state index in [0.717, 1.165) is 12.2 Å². The van der Waals surface area contributed by atoms with Crippen LogP contribution in [0.15, 0.2) is 42.8 Å². The Morgan fingerprint density at radius 3 is 2.74 bits per heavy atom. The van der Waals surface area contributed by atoms with Crippen LogP contribution in [0.25, 0.3) is 0 Å². The van der Waals surface area contributed by atoms with Gasteiger partial charge in [0.05, 0.1) is 0 Å². The van der Waals surface area contributed by atoms with Gasteiger partial charge in [0.15, 0.2) is 0 Å². The molecule has 1 heterocycles. The lowest BCUT2D eigenvalue weighted by atomic mass is 9.79. The standard InChI is InChI=1S/C13H11ClF3NO/c14-10-4-6-18-8-9(10)7-12(19)5-2-1-3-11(12)13(15,16)17/h1-6,8,11,19H,7H2. The Hall–Kier alpha value is -1.33. The summed E-state index contributed by atoms with van der Waals surface area (Å²) in [7, 11) is 0. The number of rotatable bonds is 2. The molecule has 1 aromatic rings. The van der Waals surface area contributed by atoms with E-state index in [1.807, 2.05) is 0 Å². The van der Waals surface area contributed by atoms with Crippen LogP contribution in [0.5, 0.6) is 0 Å². The molecule has 1 aliphatic rings. The van der Waals surface area contributed by atoms with Crippen LogP contribution < -0.4 is 0 Å². The van der Waals surface area contributed by atoms with Gasteiger partial charge in [-0.25, -0.2) is 0 Å². The highest BCUT2D eigenvalue weighted by atomic mass is 35.5. The van der Waals surface area contributed by atoms with E-state index in [1.165, 1.54) is 30.6 Å². The van der Waals surface area contributed by atoms with Gasteiger partial charge in [-0.1, -0.05) is 35.9 Å². The van der Waals surface area contributed by atoms with Crippen molar-refractivity contribution in [1.29, 1.82) is 0 Å². The largest absolute Gasteiger partial charge is 0.398 e. The maximum atomic E-state index is 12.9. The molecule has 2 unspecified atom stereocenters. The normalized spacial score (nSPS) is 26.7. The molecule has 2 nitrogen and oxygen atoms in total. The van der Waals surface area contributed by atoms with E-state index in [1.54, 1.807) is 0 Å². The molecule has 1 aliphatic carbocycles. The minimum atomic E-state index is -4.52. The van der Waals surface area contributed by atoms with E-state index in [2.05, 4.69) is 4.98 Å². The Morgan fingerprint density at radius 1 is 1.37 bits per heavy atom. The fourth-order valence-electron chi connectivity index (χ4n) is 2.07. The number of nitrogens with zero attached hydrogens (tertiary/aromatic N) is 1. The van der Waals surface area contributed by atoms with Crippen molar-refractivity contribution in [2.75, 3.05) is 0 Å². The summed E-state index contributed by atoms with van der Waals surface area (Å²) in [5.41, 5.74) is -1.67. The van der Waals surface area contributed by atoms with Gasteiger partial charge in [-0.3, -0.25) is 4.98 Å². The minimum absolute atomic E-state index is 0.245. The second-order valence-corrected chi connectivity index (χ2v) is 4.81. The highest BCUT2D eigenvalue weighted by Crippen LogP contribution is 2.40. The van der Waals surface area contributed by atoms with Crippen molar-refractivity contribution in [2.45, 2.75) is 18.2 Å². The predicted molar refractivity (Wildman–Crippen MR) is 65.7 cm³/mol. The maximum absolute atomic E-state index is 12.9. The van der Waals surface area contributed by atoms with Gasteiger partial charge in [0, 0.05) is 23.8 Å². The SMILES string of the molecule is OC1(Cc2cnccc2Cl)C=CC=CC1C(F)(F)F. The van der Waals surface area contributed by atoms with Gasteiger partial charge in [-0.15, -0.1) is 0 Å². The van der Waals surface area contributed by atoms with Gasteiger partial charge in [0.25, 0.3) is 0 Å². The van der Waals surface area contributed by atoms with Gasteiger partial charge in [-0.2, -0.15) is 13.2 Å². The molecule has 1 N–H and O–H groups in total.